The van der Waals surface area contributed by atoms with Gasteiger partial charge in [0.1, 0.15) is 4.33 Å². The first kappa shape index (κ1) is 29.6. The Hall–Kier alpha value is -2.36. The smallest absolute Gasteiger partial charge is 0.381 e. The molecule has 5 nitrogen and oxygen atoms in total. The van der Waals surface area contributed by atoms with Crippen molar-refractivity contribution in [2.24, 2.45) is 5.92 Å². The molecule has 1 saturated carbocycles. The van der Waals surface area contributed by atoms with E-state index in [1.165, 1.54) is 24.3 Å². The number of alkyl halides is 5. The number of carbonyl (C=O) groups excluding carboxylic acids is 2. The molecule has 1 aliphatic carbocycles. The number of amides is 2. The summed E-state index contributed by atoms with van der Waals surface area (Å²) in [5.74, 6) is -3.61. The first-order valence-corrected chi connectivity index (χ1v) is 13.2. The molecule has 1 aliphatic rings. The number of hydrogen-bond donors (Lipinski definition) is 2. The highest BCUT2D eigenvalue weighted by Crippen LogP contribution is 2.65. The van der Waals surface area contributed by atoms with Gasteiger partial charge in [0, 0.05) is 51.6 Å². The number of carbonyl (C=O) groups is 2. The molecule has 3 aromatic rings. The van der Waals surface area contributed by atoms with Crippen molar-refractivity contribution < 1.29 is 22.8 Å². The molecule has 1 fully saturated rings. The predicted octanol–water partition coefficient (Wildman–Crippen LogP) is 8.31. The van der Waals surface area contributed by atoms with Gasteiger partial charge >= 0.3 is 12.1 Å². The van der Waals surface area contributed by atoms with Crippen molar-refractivity contribution in [2.45, 2.75) is 23.0 Å². The highest BCUT2D eigenvalue weighted by molar-refractivity contribution is 6.53. The fraction of sp³-hybridized carbons (Fsp3) is 0.231. The number of benzene rings is 3. The molecule has 4 rings (SSSR count). The second-order valence-electron chi connectivity index (χ2n) is 8.89. The van der Waals surface area contributed by atoms with E-state index in [1.54, 1.807) is 36.4 Å². The number of nitrogens with one attached hydrogen (secondary N) is 2. The van der Waals surface area contributed by atoms with Gasteiger partial charge in [-0.05, 0) is 71.8 Å². The molecule has 0 aliphatic heterocycles. The highest BCUT2D eigenvalue weighted by Gasteiger charge is 2.67. The summed E-state index contributed by atoms with van der Waals surface area (Å²) in [6, 6.07) is 15.6. The van der Waals surface area contributed by atoms with Gasteiger partial charge in [0.05, 0.1) is 5.92 Å². The van der Waals surface area contributed by atoms with Crippen molar-refractivity contribution in [2.75, 3.05) is 22.6 Å². The molecule has 206 valence electrons. The summed E-state index contributed by atoms with van der Waals surface area (Å²) in [6.07, 6.45) is -4.97. The van der Waals surface area contributed by atoms with E-state index in [4.69, 9.17) is 58.0 Å². The first-order chi connectivity index (χ1) is 18.2. The van der Waals surface area contributed by atoms with E-state index in [1.807, 2.05) is 0 Å². The van der Waals surface area contributed by atoms with Gasteiger partial charge in [-0.3, -0.25) is 9.59 Å². The minimum absolute atomic E-state index is 0.0821. The second kappa shape index (κ2) is 11.3. The maximum atomic E-state index is 13.0. The zero-order chi connectivity index (χ0) is 28.7. The van der Waals surface area contributed by atoms with Gasteiger partial charge in [-0.15, -0.1) is 23.2 Å². The SMILES string of the molecule is CN(C(=O)C(F)(F)F)c1ccc(NCc2cc(NC(=O)C3C(c4cc(Cl)cc(Cl)c4)C3(Cl)Cl)ccc2Cl)cc1. The van der Waals surface area contributed by atoms with Crippen LogP contribution in [-0.2, 0) is 16.1 Å². The highest BCUT2D eigenvalue weighted by atomic mass is 35.5. The van der Waals surface area contributed by atoms with E-state index in [2.05, 4.69) is 10.6 Å². The van der Waals surface area contributed by atoms with Crippen LogP contribution in [0.25, 0.3) is 0 Å². The minimum atomic E-state index is -4.97. The summed E-state index contributed by atoms with van der Waals surface area (Å²) < 4.78 is 36.7. The van der Waals surface area contributed by atoms with Crippen LogP contribution in [0.2, 0.25) is 15.1 Å². The van der Waals surface area contributed by atoms with Gasteiger partial charge in [-0.1, -0.05) is 34.8 Å². The third-order valence-electron chi connectivity index (χ3n) is 6.18. The molecule has 2 unspecified atom stereocenters. The van der Waals surface area contributed by atoms with Crippen molar-refractivity contribution in [1.82, 2.24) is 0 Å². The van der Waals surface area contributed by atoms with Gasteiger partial charge in [-0.2, -0.15) is 13.2 Å². The largest absolute Gasteiger partial charge is 0.471 e. The Morgan fingerprint density at radius 2 is 1.51 bits per heavy atom. The molecule has 0 aromatic heterocycles. The van der Waals surface area contributed by atoms with Gasteiger partial charge in [0.2, 0.25) is 5.91 Å². The lowest BCUT2D eigenvalue weighted by Crippen LogP contribution is -2.38. The Labute approximate surface area is 247 Å². The molecule has 0 spiro atoms. The Morgan fingerprint density at radius 1 is 0.923 bits per heavy atom. The summed E-state index contributed by atoms with van der Waals surface area (Å²) in [6.45, 7) is 0.237. The molecule has 0 saturated heterocycles. The standard InChI is InChI=1S/C26H19Cl5F3N3O2/c1-37(24(39)26(32,33)34)19-5-2-17(3-6-19)35-12-14-10-18(4-7-20(14)29)36-23(38)22-21(25(22,30)31)13-8-15(27)11-16(28)9-13/h2-11,21-22,35H,12H2,1H3,(H,36,38). The van der Waals surface area contributed by atoms with Crippen LogP contribution in [0.3, 0.4) is 0 Å². The molecule has 3 aromatic carbocycles. The third kappa shape index (κ3) is 6.69. The molecule has 2 amide bonds. The van der Waals surface area contributed by atoms with Gasteiger partial charge < -0.3 is 15.5 Å². The van der Waals surface area contributed by atoms with E-state index in [0.717, 1.165) is 7.05 Å². The van der Waals surface area contributed by atoms with Crippen molar-refractivity contribution in [3.05, 3.63) is 86.9 Å². The molecule has 2 atom stereocenters. The molecule has 0 radical (unpaired) electrons. The molecule has 0 bridgehead atoms. The zero-order valence-corrected chi connectivity index (χ0v) is 23.7. The number of halogens is 8. The Bertz CT molecular complexity index is 1400. The normalized spacial score (nSPS) is 17.9. The summed E-state index contributed by atoms with van der Waals surface area (Å²) in [4.78, 5) is 25.0. The second-order valence-corrected chi connectivity index (χ2v) is 11.6. The first-order valence-electron chi connectivity index (χ1n) is 11.3. The monoisotopic (exact) mass is 637 g/mol. The van der Waals surface area contributed by atoms with Gasteiger partial charge in [0.25, 0.3) is 0 Å². The number of rotatable bonds is 7. The maximum Gasteiger partial charge on any atom is 0.471 e. The van der Waals surface area contributed by atoms with Crippen LogP contribution in [0.4, 0.5) is 30.2 Å². The lowest BCUT2D eigenvalue weighted by molar-refractivity contribution is -0.170. The Kier molecular flexibility index (Phi) is 8.55. The van der Waals surface area contributed by atoms with Crippen LogP contribution in [0, 0.1) is 5.92 Å². The van der Waals surface area contributed by atoms with Crippen LogP contribution in [0.15, 0.2) is 60.7 Å². The summed E-state index contributed by atoms with van der Waals surface area (Å²) >= 11 is 31.3. The van der Waals surface area contributed by atoms with E-state index in [0.29, 0.717) is 42.5 Å². The lowest BCUT2D eigenvalue weighted by Gasteiger charge is -2.19. The summed E-state index contributed by atoms with van der Waals surface area (Å²) in [7, 11) is 1.05. The molecular weight excluding hydrogens is 621 g/mol. The van der Waals surface area contributed by atoms with Crippen LogP contribution < -0.4 is 15.5 Å². The zero-order valence-electron chi connectivity index (χ0n) is 19.9. The number of hydrogen-bond acceptors (Lipinski definition) is 3. The fourth-order valence-electron chi connectivity index (χ4n) is 4.14. The average molecular weight is 640 g/mol. The topological polar surface area (TPSA) is 61.4 Å². The molecule has 0 heterocycles. The minimum Gasteiger partial charge on any atom is -0.381 e. The van der Waals surface area contributed by atoms with E-state index in [-0.39, 0.29) is 12.2 Å². The van der Waals surface area contributed by atoms with Crippen molar-refractivity contribution in [3.63, 3.8) is 0 Å². The molecule has 13 heteroatoms. The summed E-state index contributed by atoms with van der Waals surface area (Å²) in [5.41, 5.74) is 2.41. The molecule has 2 N–H and O–H groups in total. The van der Waals surface area contributed by atoms with E-state index >= 15 is 0 Å². The lowest BCUT2D eigenvalue weighted by atomic mass is 10.1. The Morgan fingerprint density at radius 3 is 2.10 bits per heavy atom. The maximum absolute atomic E-state index is 13.0. The van der Waals surface area contributed by atoms with E-state index < -0.39 is 34.2 Å². The quantitative estimate of drug-likeness (QED) is 0.256. The Balaban J connectivity index is 1.41. The molecule has 39 heavy (non-hydrogen) atoms. The average Bonchev–Trinajstić information content (AvgIpc) is 3.44. The van der Waals surface area contributed by atoms with Gasteiger partial charge in [0.15, 0.2) is 0 Å². The number of nitrogens with zero attached hydrogens (tertiary/aromatic N) is 1. The van der Waals surface area contributed by atoms with Crippen LogP contribution in [0.5, 0.6) is 0 Å². The van der Waals surface area contributed by atoms with Gasteiger partial charge in [-0.25, -0.2) is 0 Å². The van der Waals surface area contributed by atoms with Crippen LogP contribution >= 0.6 is 58.0 Å². The molecular formula is C26H19Cl5F3N3O2. The van der Waals surface area contributed by atoms with E-state index in [9.17, 15) is 22.8 Å². The van der Waals surface area contributed by atoms with Crippen LogP contribution in [-0.4, -0.2) is 29.4 Å². The number of anilines is 3. The van der Waals surface area contributed by atoms with Crippen molar-refractivity contribution in [3.8, 4) is 0 Å². The van der Waals surface area contributed by atoms with Crippen LogP contribution in [0.1, 0.15) is 17.0 Å². The fourth-order valence-corrected chi connectivity index (χ4v) is 5.69. The summed E-state index contributed by atoms with van der Waals surface area (Å²) in [5, 5.41) is 7.14. The predicted molar refractivity (Wildman–Crippen MR) is 150 cm³/mol. The van der Waals surface area contributed by atoms with Crippen molar-refractivity contribution in [1.29, 1.82) is 0 Å². The third-order valence-corrected chi connectivity index (χ3v) is 7.92. The van der Waals surface area contributed by atoms with Crippen molar-refractivity contribution >= 4 is 86.9 Å².